The number of carbonyl (C=O) groups is 4. The first-order valence-electron chi connectivity index (χ1n) is 15.6. The van der Waals surface area contributed by atoms with Crippen molar-refractivity contribution in [2.24, 2.45) is 5.92 Å². The number of carboxylic acids is 2. The predicted octanol–water partition coefficient (Wildman–Crippen LogP) is 4.00. The summed E-state index contributed by atoms with van der Waals surface area (Å²) < 4.78 is 11.4. The zero-order valence-corrected chi connectivity index (χ0v) is 26.9. The van der Waals surface area contributed by atoms with E-state index in [4.69, 9.17) is 9.47 Å². The number of fused-ring (bicyclic) bond motifs is 1. The van der Waals surface area contributed by atoms with Gasteiger partial charge in [0.15, 0.2) is 51.8 Å². The largest absolute Gasteiger partial charge is 0.504 e. The third-order valence-corrected chi connectivity index (χ3v) is 8.41. The number of allylic oxidation sites excluding steroid dienone is 1. The van der Waals surface area contributed by atoms with Gasteiger partial charge in [-0.3, -0.25) is 14.4 Å². The minimum absolute atomic E-state index is 0.0348. The van der Waals surface area contributed by atoms with E-state index in [1.54, 1.807) is 0 Å². The van der Waals surface area contributed by atoms with Gasteiger partial charge in [0.1, 0.15) is 12.0 Å². The highest BCUT2D eigenvalue weighted by molar-refractivity contribution is 5.96. The molecule has 0 aromatic heterocycles. The van der Waals surface area contributed by atoms with E-state index in [0.29, 0.717) is 5.56 Å². The third kappa shape index (κ3) is 7.94. The van der Waals surface area contributed by atoms with E-state index in [1.165, 1.54) is 48.5 Å². The maximum Gasteiger partial charge on any atom is 0.345 e. The Labute approximate surface area is 294 Å². The topological polar surface area (TPSA) is 269 Å². The van der Waals surface area contributed by atoms with Crippen molar-refractivity contribution in [3.8, 4) is 46.0 Å². The Morgan fingerprint density at radius 3 is 1.79 bits per heavy atom. The van der Waals surface area contributed by atoms with Gasteiger partial charge in [-0.2, -0.15) is 0 Å². The minimum atomic E-state index is -1.82. The molecule has 0 spiro atoms. The van der Waals surface area contributed by atoms with E-state index in [1.807, 2.05) is 0 Å². The molecule has 1 aliphatic heterocycles. The number of phenols is 7. The number of aromatic hydroxyl groups is 7. The Hall–Kier alpha value is -6.90. The number of benzene rings is 4. The summed E-state index contributed by atoms with van der Waals surface area (Å²) in [5.74, 6) is -11.0. The number of carbonyl (C=O) groups excluding carboxylic acids is 2. The highest BCUT2D eigenvalue weighted by Crippen LogP contribution is 2.53. The third-order valence-electron chi connectivity index (χ3n) is 8.41. The Kier molecular flexibility index (Phi) is 10.4. The normalized spacial score (nSPS) is 16.1. The van der Waals surface area contributed by atoms with Crippen molar-refractivity contribution in [1.29, 1.82) is 0 Å². The molecule has 52 heavy (non-hydrogen) atoms. The van der Waals surface area contributed by atoms with Crippen molar-refractivity contribution >= 4 is 29.8 Å². The summed E-state index contributed by atoms with van der Waals surface area (Å²) in [5.41, 5.74) is 0.744. The van der Waals surface area contributed by atoms with Crippen LogP contribution in [0.5, 0.6) is 46.0 Å². The molecular formula is C37H32O15. The number of ketones is 1. The molecule has 15 nitrogen and oxygen atoms in total. The Morgan fingerprint density at radius 1 is 0.673 bits per heavy atom. The molecule has 9 N–H and O–H groups in total. The number of aliphatic carboxylic acids is 2. The van der Waals surface area contributed by atoms with Gasteiger partial charge in [0.2, 0.25) is 6.10 Å². The summed E-state index contributed by atoms with van der Waals surface area (Å²) in [5, 5.41) is 89.4. The Morgan fingerprint density at radius 2 is 1.23 bits per heavy atom. The number of hydrogen-bond donors (Lipinski definition) is 9. The van der Waals surface area contributed by atoms with E-state index in [-0.39, 0.29) is 34.4 Å². The number of phenolic OH excluding ortho intramolecular Hbond substituents is 7. The molecule has 0 radical (unpaired) electrons. The van der Waals surface area contributed by atoms with Crippen molar-refractivity contribution in [1.82, 2.24) is 0 Å². The molecule has 0 aliphatic carbocycles. The SMILES string of the molecule is O=C(/C=C/c1ccc(O)c2c1[C@H](C(=O)O[C@H](Cc1ccc(O)c(O)c1)C(=O)O)[C@@H](c1ccc(O)c(O)c1)O2)C[C@H](Cc1ccc(O)c(O)c1)C(=O)O. The fraction of sp³-hybridized carbons (Fsp3) is 0.189. The van der Waals surface area contributed by atoms with Gasteiger partial charge >= 0.3 is 17.9 Å². The molecule has 0 saturated heterocycles. The van der Waals surface area contributed by atoms with Gasteiger partial charge in [-0.1, -0.05) is 30.3 Å². The van der Waals surface area contributed by atoms with Crippen LogP contribution in [0.2, 0.25) is 0 Å². The second-order valence-electron chi connectivity index (χ2n) is 12.0. The zero-order chi connectivity index (χ0) is 37.9. The number of hydrogen-bond acceptors (Lipinski definition) is 13. The molecule has 0 amide bonds. The molecule has 4 aromatic carbocycles. The highest BCUT2D eigenvalue weighted by atomic mass is 16.6. The highest BCUT2D eigenvalue weighted by Gasteiger charge is 2.46. The van der Waals surface area contributed by atoms with Gasteiger partial charge in [-0.05, 0) is 77.2 Å². The smallest absolute Gasteiger partial charge is 0.345 e. The molecule has 0 bridgehead atoms. The number of carboxylic acid groups (broad SMARTS) is 2. The molecule has 0 unspecified atom stereocenters. The lowest BCUT2D eigenvalue weighted by molar-refractivity contribution is -0.166. The maximum atomic E-state index is 14.0. The molecule has 270 valence electrons. The summed E-state index contributed by atoms with van der Waals surface area (Å²) in [6, 6.07) is 13.4. The van der Waals surface area contributed by atoms with Gasteiger partial charge in [-0.15, -0.1) is 0 Å². The lowest BCUT2D eigenvalue weighted by Crippen LogP contribution is -2.32. The van der Waals surface area contributed by atoms with Crippen LogP contribution in [0.15, 0.2) is 72.8 Å². The quantitative estimate of drug-likeness (QED) is 0.0538. The van der Waals surface area contributed by atoms with Crippen LogP contribution in [-0.4, -0.2) is 75.8 Å². The van der Waals surface area contributed by atoms with Crippen molar-refractivity contribution in [3.63, 3.8) is 0 Å². The van der Waals surface area contributed by atoms with Crippen LogP contribution < -0.4 is 4.74 Å². The lowest BCUT2D eigenvalue weighted by Gasteiger charge is -2.22. The van der Waals surface area contributed by atoms with Crippen LogP contribution in [0.1, 0.15) is 46.3 Å². The van der Waals surface area contributed by atoms with Crippen LogP contribution in [0.3, 0.4) is 0 Å². The molecule has 15 heteroatoms. The van der Waals surface area contributed by atoms with Gasteiger partial charge in [0.05, 0.1) is 5.92 Å². The second-order valence-corrected chi connectivity index (χ2v) is 12.0. The van der Waals surface area contributed by atoms with Gasteiger partial charge < -0.3 is 55.4 Å². The molecule has 0 fully saturated rings. The summed E-state index contributed by atoms with van der Waals surface area (Å²) in [7, 11) is 0. The van der Waals surface area contributed by atoms with Crippen LogP contribution in [0.25, 0.3) is 6.08 Å². The van der Waals surface area contributed by atoms with E-state index >= 15 is 0 Å². The summed E-state index contributed by atoms with van der Waals surface area (Å²) in [6.45, 7) is 0. The van der Waals surface area contributed by atoms with Crippen LogP contribution in [-0.2, 0) is 36.8 Å². The molecule has 0 saturated carbocycles. The van der Waals surface area contributed by atoms with Gasteiger partial charge in [0.25, 0.3) is 0 Å². The van der Waals surface area contributed by atoms with Crippen molar-refractivity contribution in [2.45, 2.75) is 37.4 Å². The summed E-state index contributed by atoms with van der Waals surface area (Å²) >= 11 is 0. The monoisotopic (exact) mass is 716 g/mol. The second kappa shape index (κ2) is 14.9. The lowest BCUT2D eigenvalue weighted by atomic mass is 9.87. The maximum absolute atomic E-state index is 14.0. The van der Waals surface area contributed by atoms with Crippen LogP contribution in [0, 0.1) is 5.92 Å². The molecule has 1 aliphatic rings. The Bertz CT molecular complexity index is 2090. The molecule has 5 rings (SSSR count). The fourth-order valence-corrected chi connectivity index (χ4v) is 5.78. The van der Waals surface area contributed by atoms with Crippen molar-refractivity contribution in [3.05, 3.63) is 101 Å². The first kappa shape index (κ1) is 36.4. The fourth-order valence-electron chi connectivity index (χ4n) is 5.78. The number of esters is 1. The molecule has 4 atom stereocenters. The standard InChI is InChI=1S/C37H32O15/c38-22(15-21(35(46)47)11-17-1-7-23(39)27(43)12-17)6-3-19-4-10-26(42)34-31(19)32(33(52-34)20-5-9-25(41)29(45)16-20)37(50)51-30(36(48)49)14-18-2-8-24(40)28(44)13-18/h1-10,12-13,16,21,30,32-33,39-45H,11,14-15H2,(H,46,47)(H,48,49)/b6-3+/t21-,30+,32-,33+/m0/s1. The molecule has 4 aromatic rings. The van der Waals surface area contributed by atoms with Crippen LogP contribution in [0.4, 0.5) is 0 Å². The summed E-state index contributed by atoms with van der Waals surface area (Å²) in [6.07, 6.45) is -1.97. The van der Waals surface area contributed by atoms with E-state index in [2.05, 4.69) is 0 Å². The minimum Gasteiger partial charge on any atom is -0.504 e. The van der Waals surface area contributed by atoms with E-state index in [9.17, 15) is 65.1 Å². The van der Waals surface area contributed by atoms with Crippen LogP contribution >= 0.6 is 0 Å². The molecular weight excluding hydrogens is 684 g/mol. The van der Waals surface area contributed by atoms with Crippen molar-refractivity contribution < 1.29 is 74.6 Å². The summed E-state index contributed by atoms with van der Waals surface area (Å²) in [4.78, 5) is 51.3. The average molecular weight is 717 g/mol. The number of rotatable bonds is 13. The zero-order valence-electron chi connectivity index (χ0n) is 26.9. The Balaban J connectivity index is 1.47. The van der Waals surface area contributed by atoms with Gasteiger partial charge in [-0.25, -0.2) is 4.79 Å². The van der Waals surface area contributed by atoms with E-state index < -0.39 is 101 Å². The predicted molar refractivity (Wildman–Crippen MR) is 178 cm³/mol. The van der Waals surface area contributed by atoms with Gasteiger partial charge in [0, 0.05) is 18.4 Å². The number of ether oxygens (including phenoxy) is 2. The van der Waals surface area contributed by atoms with E-state index in [0.717, 1.165) is 30.3 Å². The first-order chi connectivity index (χ1) is 24.6. The average Bonchev–Trinajstić information content (AvgIpc) is 3.50. The molecule has 1 heterocycles. The van der Waals surface area contributed by atoms with Crippen molar-refractivity contribution in [2.75, 3.05) is 0 Å². The first-order valence-corrected chi connectivity index (χ1v) is 15.6.